The summed E-state index contributed by atoms with van der Waals surface area (Å²) in [6.45, 7) is 20.6. The zero-order valence-electron chi connectivity index (χ0n) is 32.6. The normalized spacial score (nSPS) is 17.0. The Bertz CT molecular complexity index is 1480. The molecule has 0 saturated heterocycles. The Morgan fingerprint density at radius 3 is 1.81 bits per heavy atom. The van der Waals surface area contributed by atoms with E-state index in [1.807, 2.05) is 0 Å². The third kappa shape index (κ3) is 11.7. The van der Waals surface area contributed by atoms with Gasteiger partial charge in [-0.25, -0.2) is 0 Å². The topological polar surface area (TPSA) is 70.9 Å². The van der Waals surface area contributed by atoms with E-state index in [9.17, 15) is 0 Å². The third-order valence-electron chi connectivity index (χ3n) is 9.52. The highest BCUT2D eigenvalue weighted by atomic mass is 16.6. The number of nitrogens with zero attached hydrogens (tertiary/aromatic N) is 2. The number of ether oxygens (including phenoxy) is 7. The maximum Gasteiger partial charge on any atom is 0.209 e. The maximum atomic E-state index is 6.01. The highest BCUT2D eigenvalue weighted by Crippen LogP contribution is 2.47. The van der Waals surface area contributed by atoms with Crippen molar-refractivity contribution in [2.24, 2.45) is 0 Å². The highest BCUT2D eigenvalue weighted by Gasteiger charge is 2.44. The minimum atomic E-state index is -0.134. The van der Waals surface area contributed by atoms with Crippen molar-refractivity contribution in [3.63, 3.8) is 0 Å². The number of para-hydroxylation sites is 2. The van der Waals surface area contributed by atoms with E-state index in [1.165, 1.54) is 33.9 Å². The van der Waals surface area contributed by atoms with Gasteiger partial charge in [0.2, 0.25) is 5.69 Å². The molecule has 2 aliphatic rings. The monoisotopic (exact) mass is 719 g/mol. The molecule has 2 aromatic rings. The van der Waals surface area contributed by atoms with E-state index in [4.69, 9.17) is 33.2 Å². The van der Waals surface area contributed by atoms with Crippen LogP contribution in [0, 0.1) is 0 Å². The summed E-state index contributed by atoms with van der Waals surface area (Å²) in [7, 11) is 1.68. The molecule has 0 atom stereocenters. The number of hydrogen-bond donors (Lipinski definition) is 0. The Labute approximate surface area is 312 Å². The van der Waals surface area contributed by atoms with Crippen LogP contribution in [0.3, 0.4) is 0 Å². The molecular formula is C43H63N2O7+. The van der Waals surface area contributed by atoms with Crippen LogP contribution in [0.25, 0.3) is 0 Å². The molecule has 0 unspecified atom stereocenters. The van der Waals surface area contributed by atoms with Crippen LogP contribution in [0.5, 0.6) is 0 Å². The van der Waals surface area contributed by atoms with E-state index in [0.29, 0.717) is 79.3 Å². The largest absolute Gasteiger partial charge is 0.382 e. The van der Waals surface area contributed by atoms with Crippen molar-refractivity contribution in [2.45, 2.75) is 51.9 Å². The first-order chi connectivity index (χ1) is 25.3. The number of fused-ring (bicyclic) bond motifs is 2. The molecule has 2 aromatic carbocycles. The van der Waals surface area contributed by atoms with Gasteiger partial charge < -0.3 is 38.1 Å². The van der Waals surface area contributed by atoms with Gasteiger partial charge in [-0.1, -0.05) is 75.4 Å². The highest BCUT2D eigenvalue weighted by molar-refractivity contribution is 6.03. The van der Waals surface area contributed by atoms with Crippen LogP contribution >= 0.6 is 0 Å². The predicted octanol–water partition coefficient (Wildman–Crippen LogP) is 7.01. The first-order valence-electron chi connectivity index (χ1n) is 19.0. The van der Waals surface area contributed by atoms with Gasteiger partial charge in [0.25, 0.3) is 0 Å². The van der Waals surface area contributed by atoms with Crippen molar-refractivity contribution in [3.8, 4) is 0 Å². The van der Waals surface area contributed by atoms with Gasteiger partial charge in [-0.05, 0) is 38.0 Å². The van der Waals surface area contributed by atoms with Gasteiger partial charge in [-0.2, -0.15) is 4.58 Å². The molecule has 0 spiro atoms. The summed E-state index contributed by atoms with van der Waals surface area (Å²) < 4.78 is 41.6. The third-order valence-corrected chi connectivity index (χ3v) is 9.52. The van der Waals surface area contributed by atoms with E-state index in [-0.39, 0.29) is 10.8 Å². The Hall–Kier alpha value is -3.15. The standard InChI is InChI=1S/C43H63N2O7/c1-7-23-47-28-31-51-34-35-52-33-30-49-25-22-45-39-18-14-12-16-37(39)43(4,5)41(45)20-10-8-9-19-40-42(2,3)36-15-11-13-17-38(36)44(40)21-24-48-29-32-50-27-26-46-6/h8-20H,7,21-35H2,1-6H3/q+1. The minimum Gasteiger partial charge on any atom is -0.382 e. The van der Waals surface area contributed by atoms with Crippen LogP contribution in [0.2, 0.25) is 0 Å². The van der Waals surface area contributed by atoms with E-state index in [0.717, 1.165) is 26.1 Å². The molecule has 2 heterocycles. The smallest absolute Gasteiger partial charge is 0.209 e. The predicted molar refractivity (Wildman–Crippen MR) is 210 cm³/mol. The lowest BCUT2D eigenvalue weighted by Crippen LogP contribution is -2.29. The van der Waals surface area contributed by atoms with Crippen LogP contribution in [0.15, 0.2) is 84.6 Å². The summed E-state index contributed by atoms with van der Waals surface area (Å²) in [6, 6.07) is 17.4. The van der Waals surface area contributed by atoms with Crippen molar-refractivity contribution in [3.05, 3.63) is 95.7 Å². The van der Waals surface area contributed by atoms with Gasteiger partial charge >= 0.3 is 0 Å². The van der Waals surface area contributed by atoms with Gasteiger partial charge in [0, 0.05) is 54.8 Å². The molecule has 4 rings (SSSR count). The number of benzene rings is 2. The van der Waals surface area contributed by atoms with E-state index < -0.39 is 0 Å². The molecule has 2 aliphatic heterocycles. The number of hydrogen-bond acceptors (Lipinski definition) is 8. The summed E-state index contributed by atoms with van der Waals surface area (Å²) in [5.74, 6) is 0. The van der Waals surface area contributed by atoms with Crippen LogP contribution in [-0.4, -0.2) is 116 Å². The average Bonchev–Trinajstić information content (AvgIpc) is 3.49. The Morgan fingerprint density at radius 2 is 1.15 bits per heavy atom. The summed E-state index contributed by atoms with van der Waals surface area (Å²) in [6.07, 6.45) is 12.0. The minimum absolute atomic E-state index is 0.128. The molecule has 52 heavy (non-hydrogen) atoms. The van der Waals surface area contributed by atoms with E-state index in [2.05, 4.69) is 123 Å². The van der Waals surface area contributed by atoms with Crippen molar-refractivity contribution in [2.75, 3.05) is 111 Å². The van der Waals surface area contributed by atoms with Crippen LogP contribution < -0.4 is 4.90 Å². The molecular weight excluding hydrogens is 656 g/mol. The molecule has 0 bridgehead atoms. The quantitative estimate of drug-likeness (QED) is 0.0585. The summed E-state index contributed by atoms with van der Waals surface area (Å²) in [5.41, 5.74) is 7.39. The van der Waals surface area contributed by atoms with Gasteiger partial charge in [0.15, 0.2) is 12.3 Å². The van der Waals surface area contributed by atoms with Crippen LogP contribution in [0.1, 0.15) is 52.2 Å². The molecule has 0 aromatic heterocycles. The van der Waals surface area contributed by atoms with E-state index >= 15 is 0 Å². The molecule has 9 heteroatoms. The SMILES string of the molecule is CCCOCCOCCOCCOCCN1/C(=C/C=C\C=C/C2=[N+](CCOCCOCCOC)c3ccccc3C2(C)C)C(C)(C)c2ccccc21. The lowest BCUT2D eigenvalue weighted by molar-refractivity contribution is -0.442. The Morgan fingerprint density at radius 1 is 0.596 bits per heavy atom. The van der Waals surface area contributed by atoms with Crippen LogP contribution in [0.4, 0.5) is 11.4 Å². The number of allylic oxidation sites excluding steroid dienone is 6. The summed E-state index contributed by atoms with van der Waals surface area (Å²) >= 11 is 0. The molecule has 0 radical (unpaired) electrons. The Kier molecular flexibility index (Phi) is 17.7. The fraction of sp³-hybridized carbons (Fsp3) is 0.558. The second-order valence-electron chi connectivity index (χ2n) is 13.9. The lowest BCUT2D eigenvalue weighted by Gasteiger charge is -2.27. The zero-order chi connectivity index (χ0) is 37.1. The fourth-order valence-electron chi connectivity index (χ4n) is 6.80. The van der Waals surface area contributed by atoms with Crippen molar-refractivity contribution >= 4 is 17.1 Å². The van der Waals surface area contributed by atoms with Gasteiger partial charge in [-0.3, -0.25) is 0 Å². The molecule has 9 nitrogen and oxygen atoms in total. The molecule has 0 aliphatic carbocycles. The zero-order valence-corrected chi connectivity index (χ0v) is 32.6. The molecule has 0 saturated carbocycles. The second-order valence-corrected chi connectivity index (χ2v) is 13.9. The maximum absolute atomic E-state index is 6.01. The lowest BCUT2D eigenvalue weighted by atomic mass is 9.81. The van der Waals surface area contributed by atoms with Crippen molar-refractivity contribution in [1.82, 2.24) is 0 Å². The molecule has 0 fully saturated rings. The summed E-state index contributed by atoms with van der Waals surface area (Å²) in [5, 5.41) is 0. The number of anilines is 1. The van der Waals surface area contributed by atoms with Gasteiger partial charge in [0.1, 0.15) is 6.61 Å². The average molecular weight is 720 g/mol. The molecule has 0 N–H and O–H groups in total. The van der Waals surface area contributed by atoms with E-state index in [1.54, 1.807) is 7.11 Å². The number of methoxy groups -OCH3 is 1. The van der Waals surface area contributed by atoms with Gasteiger partial charge in [0.05, 0.1) is 78.1 Å². The second kappa shape index (κ2) is 22.2. The van der Waals surface area contributed by atoms with Crippen molar-refractivity contribution in [1.29, 1.82) is 0 Å². The first-order valence-corrected chi connectivity index (χ1v) is 19.0. The Balaban J connectivity index is 1.34. The van der Waals surface area contributed by atoms with Gasteiger partial charge in [-0.15, -0.1) is 0 Å². The molecule has 286 valence electrons. The fourth-order valence-corrected chi connectivity index (χ4v) is 6.80. The van der Waals surface area contributed by atoms with Crippen molar-refractivity contribution < 1.29 is 37.7 Å². The summed E-state index contributed by atoms with van der Waals surface area (Å²) in [4.78, 5) is 2.40. The molecule has 0 amide bonds. The first kappa shape index (κ1) is 41.6. The van der Waals surface area contributed by atoms with Crippen LogP contribution in [-0.2, 0) is 44.0 Å². The number of rotatable bonds is 26.